The van der Waals surface area contributed by atoms with Crippen LogP contribution in [-0.2, 0) is 0 Å². The van der Waals surface area contributed by atoms with Crippen molar-refractivity contribution < 1.29 is 4.79 Å². The molecule has 1 heterocycles. The molecule has 3 aromatic rings. The summed E-state index contributed by atoms with van der Waals surface area (Å²) in [6, 6.07) is 18.1. The molecular weight excluding hydrogens is 424 g/mol. The predicted octanol–water partition coefficient (Wildman–Crippen LogP) is 6.22. The summed E-state index contributed by atoms with van der Waals surface area (Å²) in [6.07, 6.45) is 5.35. The van der Waals surface area contributed by atoms with Crippen molar-refractivity contribution in [3.63, 3.8) is 0 Å². The highest BCUT2D eigenvalue weighted by Crippen LogP contribution is 2.49. The third-order valence-electron chi connectivity index (χ3n) is 6.89. The first kappa shape index (κ1) is 18.8. The molecule has 2 bridgehead atoms. The third kappa shape index (κ3) is 3.59. The number of hydrogen-bond donors (Lipinski definition) is 1. The molecule has 5 rings (SSSR count). The lowest BCUT2D eigenvalue weighted by atomic mass is 9.84. The second kappa shape index (κ2) is 7.56. The standard InChI is InChI=1S/C25H25BrN2O/c1-15(21-13-16-6-7-18(21)12-16)27-25(29)22-14-24(17-8-10-19(26)11-9-17)28-23-5-3-2-4-20(22)23/h2-5,8-11,14-16,18,21H,6-7,12-13H2,1H3,(H,27,29). The van der Waals surface area contributed by atoms with Gasteiger partial charge >= 0.3 is 0 Å². The molecule has 1 amide bonds. The summed E-state index contributed by atoms with van der Waals surface area (Å²) < 4.78 is 1.03. The Morgan fingerprint density at radius 2 is 1.90 bits per heavy atom. The molecule has 2 fully saturated rings. The van der Waals surface area contributed by atoms with E-state index in [2.05, 4.69) is 28.2 Å². The zero-order chi connectivity index (χ0) is 20.0. The Morgan fingerprint density at radius 1 is 1.10 bits per heavy atom. The van der Waals surface area contributed by atoms with Crippen molar-refractivity contribution in [1.82, 2.24) is 10.3 Å². The first-order valence-electron chi connectivity index (χ1n) is 10.5. The van der Waals surface area contributed by atoms with Gasteiger partial charge in [0.15, 0.2) is 0 Å². The maximum Gasteiger partial charge on any atom is 0.252 e. The molecule has 1 aromatic heterocycles. The molecule has 2 saturated carbocycles. The molecule has 2 aromatic carbocycles. The SMILES string of the molecule is CC(NC(=O)c1cc(-c2ccc(Br)cc2)nc2ccccc12)C1CC2CCC1C2. The number of aromatic nitrogens is 1. The Bertz CT molecular complexity index is 1060. The molecule has 148 valence electrons. The summed E-state index contributed by atoms with van der Waals surface area (Å²) in [4.78, 5) is 18.1. The van der Waals surface area contributed by atoms with Crippen LogP contribution in [0, 0.1) is 17.8 Å². The van der Waals surface area contributed by atoms with Crippen LogP contribution in [0.5, 0.6) is 0 Å². The summed E-state index contributed by atoms with van der Waals surface area (Å²) >= 11 is 3.48. The van der Waals surface area contributed by atoms with E-state index in [0.717, 1.165) is 38.5 Å². The highest BCUT2D eigenvalue weighted by Gasteiger charge is 2.42. The molecule has 0 spiro atoms. The fourth-order valence-corrected chi connectivity index (χ4v) is 5.69. The fraction of sp³-hybridized carbons (Fsp3) is 0.360. The quantitative estimate of drug-likeness (QED) is 0.514. The van der Waals surface area contributed by atoms with Crippen LogP contribution in [0.3, 0.4) is 0 Å². The molecule has 3 nitrogen and oxygen atoms in total. The number of rotatable bonds is 4. The normalized spacial score (nSPS) is 24.0. The number of amides is 1. The topological polar surface area (TPSA) is 42.0 Å². The number of fused-ring (bicyclic) bond motifs is 3. The van der Waals surface area contributed by atoms with E-state index in [4.69, 9.17) is 4.98 Å². The van der Waals surface area contributed by atoms with Crippen LogP contribution in [0.4, 0.5) is 0 Å². The molecule has 1 N–H and O–H groups in total. The largest absolute Gasteiger partial charge is 0.349 e. The van der Waals surface area contributed by atoms with E-state index in [1.165, 1.54) is 25.7 Å². The van der Waals surface area contributed by atoms with Crippen molar-refractivity contribution in [2.75, 3.05) is 0 Å². The van der Waals surface area contributed by atoms with E-state index in [0.29, 0.717) is 11.5 Å². The highest BCUT2D eigenvalue weighted by atomic mass is 79.9. The zero-order valence-corrected chi connectivity index (χ0v) is 18.2. The van der Waals surface area contributed by atoms with Crippen LogP contribution in [-0.4, -0.2) is 16.9 Å². The van der Waals surface area contributed by atoms with Crippen LogP contribution in [0.25, 0.3) is 22.2 Å². The van der Waals surface area contributed by atoms with Crippen LogP contribution in [0.2, 0.25) is 0 Å². The van der Waals surface area contributed by atoms with Crippen molar-refractivity contribution in [3.05, 3.63) is 64.6 Å². The van der Waals surface area contributed by atoms with Gasteiger partial charge in [0.2, 0.25) is 0 Å². The van der Waals surface area contributed by atoms with Crippen molar-refractivity contribution in [3.8, 4) is 11.3 Å². The minimum absolute atomic E-state index is 0.0113. The third-order valence-corrected chi connectivity index (χ3v) is 7.42. The van der Waals surface area contributed by atoms with Gasteiger partial charge in [0, 0.05) is 21.5 Å². The van der Waals surface area contributed by atoms with Gasteiger partial charge in [-0.2, -0.15) is 0 Å². The van der Waals surface area contributed by atoms with E-state index in [9.17, 15) is 4.79 Å². The number of carbonyl (C=O) groups excluding carboxylic acids is 1. The van der Waals surface area contributed by atoms with Gasteiger partial charge in [-0.1, -0.05) is 52.7 Å². The van der Waals surface area contributed by atoms with E-state index in [1.54, 1.807) is 0 Å². The number of hydrogen-bond acceptors (Lipinski definition) is 2. The molecule has 0 saturated heterocycles. The van der Waals surface area contributed by atoms with Gasteiger partial charge in [0.1, 0.15) is 0 Å². The number of para-hydroxylation sites is 1. The molecule has 4 unspecified atom stereocenters. The lowest BCUT2D eigenvalue weighted by Gasteiger charge is -2.28. The maximum absolute atomic E-state index is 13.3. The summed E-state index contributed by atoms with van der Waals surface area (Å²) in [7, 11) is 0. The van der Waals surface area contributed by atoms with Gasteiger partial charge in [-0.25, -0.2) is 4.98 Å². The molecule has 0 radical (unpaired) electrons. The molecule has 0 aliphatic heterocycles. The van der Waals surface area contributed by atoms with Gasteiger partial charge in [0.25, 0.3) is 5.91 Å². The fourth-order valence-electron chi connectivity index (χ4n) is 5.43. The molecule has 4 atom stereocenters. The molecule has 29 heavy (non-hydrogen) atoms. The van der Waals surface area contributed by atoms with Gasteiger partial charge in [-0.3, -0.25) is 4.79 Å². The first-order chi connectivity index (χ1) is 14.1. The number of nitrogens with one attached hydrogen (secondary N) is 1. The van der Waals surface area contributed by atoms with E-state index < -0.39 is 0 Å². The van der Waals surface area contributed by atoms with Crippen molar-refractivity contribution in [2.24, 2.45) is 17.8 Å². The van der Waals surface area contributed by atoms with Crippen molar-refractivity contribution in [2.45, 2.75) is 38.6 Å². The molecule has 2 aliphatic rings. The van der Waals surface area contributed by atoms with Gasteiger partial charge < -0.3 is 5.32 Å². The number of carbonyl (C=O) groups is 1. The monoisotopic (exact) mass is 448 g/mol. The number of benzene rings is 2. The van der Waals surface area contributed by atoms with Gasteiger partial charge in [-0.05, 0) is 68.2 Å². The van der Waals surface area contributed by atoms with E-state index >= 15 is 0 Å². The Kier molecular flexibility index (Phi) is 4.91. The number of nitrogens with zero attached hydrogens (tertiary/aromatic N) is 1. The predicted molar refractivity (Wildman–Crippen MR) is 121 cm³/mol. The van der Waals surface area contributed by atoms with Crippen LogP contribution in [0.1, 0.15) is 43.0 Å². The van der Waals surface area contributed by atoms with Crippen LogP contribution < -0.4 is 5.32 Å². The van der Waals surface area contributed by atoms with Crippen LogP contribution >= 0.6 is 15.9 Å². The first-order valence-corrected chi connectivity index (χ1v) is 11.3. The Morgan fingerprint density at radius 3 is 2.62 bits per heavy atom. The van der Waals surface area contributed by atoms with E-state index in [1.807, 2.05) is 54.6 Å². The van der Waals surface area contributed by atoms with E-state index in [-0.39, 0.29) is 11.9 Å². The zero-order valence-electron chi connectivity index (χ0n) is 16.6. The average molecular weight is 449 g/mol. The number of halogens is 1. The maximum atomic E-state index is 13.3. The minimum atomic E-state index is 0.0113. The number of pyridine rings is 1. The highest BCUT2D eigenvalue weighted by molar-refractivity contribution is 9.10. The molecule has 4 heteroatoms. The Balaban J connectivity index is 1.47. The van der Waals surface area contributed by atoms with Gasteiger partial charge in [-0.15, -0.1) is 0 Å². The average Bonchev–Trinajstić information content (AvgIpc) is 3.37. The molecule has 2 aliphatic carbocycles. The summed E-state index contributed by atoms with van der Waals surface area (Å²) in [5, 5.41) is 4.24. The summed E-state index contributed by atoms with van der Waals surface area (Å²) in [5.41, 5.74) is 3.40. The minimum Gasteiger partial charge on any atom is -0.349 e. The van der Waals surface area contributed by atoms with Crippen LogP contribution in [0.15, 0.2) is 59.1 Å². The Hall–Kier alpha value is -2.20. The Labute approximate surface area is 180 Å². The molecular formula is C25H25BrN2O. The van der Waals surface area contributed by atoms with Gasteiger partial charge in [0.05, 0.1) is 16.8 Å². The summed E-state index contributed by atoms with van der Waals surface area (Å²) in [5.74, 6) is 2.31. The second-order valence-corrected chi connectivity index (χ2v) is 9.60. The smallest absolute Gasteiger partial charge is 0.252 e. The van der Waals surface area contributed by atoms with Crippen molar-refractivity contribution >= 4 is 32.7 Å². The summed E-state index contributed by atoms with van der Waals surface area (Å²) in [6.45, 7) is 2.18. The van der Waals surface area contributed by atoms with Crippen molar-refractivity contribution in [1.29, 1.82) is 0 Å². The lowest BCUT2D eigenvalue weighted by Crippen LogP contribution is -2.40. The second-order valence-electron chi connectivity index (χ2n) is 8.68. The lowest BCUT2D eigenvalue weighted by molar-refractivity contribution is 0.0917.